The summed E-state index contributed by atoms with van der Waals surface area (Å²) in [5, 5.41) is 6.56. The van der Waals surface area contributed by atoms with Crippen molar-refractivity contribution in [3.63, 3.8) is 0 Å². The second-order valence-electron chi connectivity index (χ2n) is 4.60. The molecule has 1 saturated heterocycles. The molecule has 1 fully saturated rings. The standard InChI is InChI=1S/C13H21N3OS/c1-2-12-15-11(10-18-12)9-14-6-5-13(17)16-7-3-4-8-16/h10,14H,2-9H2,1H3. The Kier molecular flexibility index (Phi) is 5.13. The molecule has 0 aliphatic carbocycles. The zero-order chi connectivity index (χ0) is 12.8. The van der Waals surface area contributed by atoms with E-state index in [4.69, 9.17) is 0 Å². The van der Waals surface area contributed by atoms with Crippen molar-refractivity contribution in [3.8, 4) is 0 Å². The van der Waals surface area contributed by atoms with E-state index in [1.165, 1.54) is 5.01 Å². The molecule has 1 aliphatic heterocycles. The summed E-state index contributed by atoms with van der Waals surface area (Å²) in [6, 6.07) is 0. The van der Waals surface area contributed by atoms with Gasteiger partial charge in [0, 0.05) is 38.0 Å². The van der Waals surface area contributed by atoms with Gasteiger partial charge in [0.15, 0.2) is 0 Å². The van der Waals surface area contributed by atoms with E-state index in [0.29, 0.717) is 6.42 Å². The monoisotopic (exact) mass is 267 g/mol. The third-order valence-corrected chi connectivity index (χ3v) is 4.22. The van der Waals surface area contributed by atoms with E-state index in [9.17, 15) is 4.79 Å². The van der Waals surface area contributed by atoms with Gasteiger partial charge in [-0.2, -0.15) is 0 Å². The minimum Gasteiger partial charge on any atom is -0.343 e. The number of nitrogens with zero attached hydrogens (tertiary/aromatic N) is 2. The molecular formula is C13H21N3OS. The van der Waals surface area contributed by atoms with Crippen molar-refractivity contribution in [2.75, 3.05) is 19.6 Å². The SMILES string of the molecule is CCc1nc(CNCCC(=O)N2CCCC2)cs1. The van der Waals surface area contributed by atoms with Crippen LogP contribution in [0.4, 0.5) is 0 Å². The molecule has 5 heteroatoms. The zero-order valence-corrected chi connectivity index (χ0v) is 11.8. The van der Waals surface area contributed by atoms with Crippen LogP contribution in [0.5, 0.6) is 0 Å². The highest BCUT2D eigenvalue weighted by molar-refractivity contribution is 7.09. The summed E-state index contributed by atoms with van der Waals surface area (Å²) in [4.78, 5) is 18.2. The van der Waals surface area contributed by atoms with Crippen LogP contribution in [-0.4, -0.2) is 35.4 Å². The first-order valence-electron chi connectivity index (χ1n) is 6.71. The minimum absolute atomic E-state index is 0.285. The number of amides is 1. The van der Waals surface area contributed by atoms with Gasteiger partial charge in [0.1, 0.15) is 0 Å². The van der Waals surface area contributed by atoms with Gasteiger partial charge >= 0.3 is 0 Å². The van der Waals surface area contributed by atoms with Gasteiger partial charge in [-0.15, -0.1) is 11.3 Å². The lowest BCUT2D eigenvalue weighted by molar-refractivity contribution is -0.130. The fourth-order valence-electron chi connectivity index (χ4n) is 2.13. The minimum atomic E-state index is 0.285. The molecule has 2 rings (SSSR count). The van der Waals surface area contributed by atoms with Crippen LogP contribution < -0.4 is 5.32 Å². The fourth-order valence-corrected chi connectivity index (χ4v) is 2.87. The number of rotatable bonds is 6. The third-order valence-electron chi connectivity index (χ3n) is 3.18. The molecule has 1 aromatic rings. The second-order valence-corrected chi connectivity index (χ2v) is 5.54. The Balaban J connectivity index is 1.62. The van der Waals surface area contributed by atoms with E-state index >= 15 is 0 Å². The van der Waals surface area contributed by atoms with Gasteiger partial charge in [0.05, 0.1) is 10.7 Å². The highest BCUT2D eigenvalue weighted by Crippen LogP contribution is 2.10. The number of thiazole rings is 1. The molecular weight excluding hydrogens is 246 g/mol. The molecule has 100 valence electrons. The highest BCUT2D eigenvalue weighted by atomic mass is 32.1. The van der Waals surface area contributed by atoms with Crippen molar-refractivity contribution in [2.24, 2.45) is 0 Å². The topological polar surface area (TPSA) is 45.2 Å². The van der Waals surface area contributed by atoms with E-state index in [2.05, 4.69) is 22.6 Å². The normalized spacial score (nSPS) is 15.3. The Hall–Kier alpha value is -0.940. The molecule has 0 spiro atoms. The Morgan fingerprint density at radius 3 is 2.94 bits per heavy atom. The number of hydrogen-bond donors (Lipinski definition) is 1. The van der Waals surface area contributed by atoms with Gasteiger partial charge < -0.3 is 10.2 Å². The Morgan fingerprint density at radius 1 is 1.50 bits per heavy atom. The van der Waals surface area contributed by atoms with Gasteiger partial charge in [-0.1, -0.05) is 6.92 Å². The molecule has 0 unspecified atom stereocenters. The number of nitrogens with one attached hydrogen (secondary N) is 1. The molecule has 0 atom stereocenters. The molecule has 4 nitrogen and oxygen atoms in total. The smallest absolute Gasteiger partial charge is 0.223 e. The predicted octanol–water partition coefficient (Wildman–Crippen LogP) is 1.81. The van der Waals surface area contributed by atoms with Gasteiger partial charge in [0.25, 0.3) is 0 Å². The molecule has 0 radical (unpaired) electrons. The third kappa shape index (κ3) is 3.78. The Morgan fingerprint density at radius 2 is 2.28 bits per heavy atom. The van der Waals surface area contributed by atoms with E-state index < -0.39 is 0 Å². The largest absolute Gasteiger partial charge is 0.343 e. The molecule has 18 heavy (non-hydrogen) atoms. The summed E-state index contributed by atoms with van der Waals surface area (Å²) in [5.41, 5.74) is 1.09. The van der Waals surface area contributed by atoms with Gasteiger partial charge in [-0.25, -0.2) is 4.98 Å². The van der Waals surface area contributed by atoms with Gasteiger partial charge in [-0.05, 0) is 19.3 Å². The first kappa shape index (κ1) is 13.5. The van der Waals surface area contributed by atoms with Crippen LogP contribution in [-0.2, 0) is 17.8 Å². The van der Waals surface area contributed by atoms with Crippen LogP contribution in [0.1, 0.15) is 36.9 Å². The maximum atomic E-state index is 11.8. The second kappa shape index (κ2) is 6.85. The zero-order valence-electron chi connectivity index (χ0n) is 10.9. The van der Waals surface area contributed by atoms with E-state index in [0.717, 1.165) is 51.1 Å². The van der Waals surface area contributed by atoms with Crippen LogP contribution >= 0.6 is 11.3 Å². The molecule has 0 bridgehead atoms. The van der Waals surface area contributed by atoms with Crippen molar-refractivity contribution in [1.29, 1.82) is 0 Å². The number of carbonyl (C=O) groups is 1. The Bertz CT molecular complexity index is 385. The number of hydrogen-bond acceptors (Lipinski definition) is 4. The average Bonchev–Trinajstić information content (AvgIpc) is 3.05. The van der Waals surface area contributed by atoms with Crippen molar-refractivity contribution in [1.82, 2.24) is 15.2 Å². The van der Waals surface area contributed by atoms with Crippen molar-refractivity contribution in [3.05, 3.63) is 16.1 Å². The van der Waals surface area contributed by atoms with Crippen LogP contribution in [0.15, 0.2) is 5.38 Å². The maximum Gasteiger partial charge on any atom is 0.223 e. The van der Waals surface area contributed by atoms with Crippen LogP contribution in [0.3, 0.4) is 0 Å². The number of likely N-dealkylation sites (tertiary alicyclic amines) is 1. The molecule has 1 aromatic heterocycles. The molecule has 0 saturated carbocycles. The summed E-state index contributed by atoms with van der Waals surface area (Å²) in [6.45, 7) is 5.53. The molecule has 1 aliphatic rings. The lowest BCUT2D eigenvalue weighted by Crippen LogP contribution is -2.30. The van der Waals surface area contributed by atoms with Gasteiger partial charge in [-0.3, -0.25) is 4.79 Å². The van der Waals surface area contributed by atoms with Crippen LogP contribution in [0.2, 0.25) is 0 Å². The molecule has 2 heterocycles. The first-order valence-corrected chi connectivity index (χ1v) is 7.59. The summed E-state index contributed by atoms with van der Waals surface area (Å²) in [6.07, 6.45) is 3.93. The van der Waals surface area contributed by atoms with Crippen LogP contribution in [0.25, 0.3) is 0 Å². The van der Waals surface area contributed by atoms with Crippen LogP contribution in [0, 0.1) is 0 Å². The summed E-state index contributed by atoms with van der Waals surface area (Å²) in [7, 11) is 0. The quantitative estimate of drug-likeness (QED) is 0.800. The lowest BCUT2D eigenvalue weighted by Gasteiger charge is -2.14. The highest BCUT2D eigenvalue weighted by Gasteiger charge is 2.16. The predicted molar refractivity (Wildman–Crippen MR) is 73.6 cm³/mol. The maximum absolute atomic E-state index is 11.8. The molecule has 1 N–H and O–H groups in total. The van der Waals surface area contributed by atoms with E-state index in [1.807, 2.05) is 4.90 Å². The first-order chi connectivity index (χ1) is 8.79. The molecule has 0 aromatic carbocycles. The summed E-state index contributed by atoms with van der Waals surface area (Å²) in [5.74, 6) is 0.285. The number of carbonyl (C=O) groups excluding carboxylic acids is 1. The average molecular weight is 267 g/mol. The molecule has 1 amide bonds. The lowest BCUT2D eigenvalue weighted by atomic mass is 10.3. The fraction of sp³-hybridized carbons (Fsp3) is 0.692. The van der Waals surface area contributed by atoms with Crippen molar-refractivity contribution >= 4 is 17.2 Å². The summed E-state index contributed by atoms with van der Waals surface area (Å²) >= 11 is 1.71. The van der Waals surface area contributed by atoms with E-state index in [-0.39, 0.29) is 5.91 Å². The van der Waals surface area contributed by atoms with Crippen molar-refractivity contribution in [2.45, 2.75) is 39.2 Å². The van der Waals surface area contributed by atoms with Crippen molar-refractivity contribution < 1.29 is 4.79 Å². The number of aromatic nitrogens is 1. The van der Waals surface area contributed by atoms with E-state index in [1.54, 1.807) is 11.3 Å². The van der Waals surface area contributed by atoms with Gasteiger partial charge in [0.2, 0.25) is 5.91 Å². The number of aryl methyl sites for hydroxylation is 1. The summed E-state index contributed by atoms with van der Waals surface area (Å²) < 4.78 is 0. The Labute approximate surface area is 112 Å².